The molecule has 0 spiro atoms. The highest BCUT2D eigenvalue weighted by Crippen LogP contribution is 2.25. The normalized spacial score (nSPS) is 21.8. The minimum atomic E-state index is -0.393. The van der Waals surface area contributed by atoms with Gasteiger partial charge in [0.2, 0.25) is 0 Å². The molecule has 160 valence electrons. The molecule has 1 aromatic heterocycles. The standard InChI is InChI=1S/C22H25NO7/c1-13-8-18(14(2)29-13)21(24)23-9-19-20(10-23)28-12-17(11-27-19)30-16-6-4-15(5-7-16)22(25)26-3/h4-8,17,19-20H,9-12H2,1-3H3/t19-,20-/m0/s1. The van der Waals surface area contributed by atoms with E-state index in [4.69, 9.17) is 23.4 Å². The van der Waals surface area contributed by atoms with E-state index in [1.807, 2.05) is 6.92 Å². The number of esters is 1. The van der Waals surface area contributed by atoms with Gasteiger partial charge in [-0.15, -0.1) is 0 Å². The van der Waals surface area contributed by atoms with Gasteiger partial charge >= 0.3 is 5.97 Å². The Balaban J connectivity index is 1.33. The van der Waals surface area contributed by atoms with Crippen molar-refractivity contribution in [1.29, 1.82) is 0 Å². The third kappa shape index (κ3) is 4.20. The van der Waals surface area contributed by atoms with Crippen molar-refractivity contribution in [3.8, 4) is 5.75 Å². The number of amides is 1. The van der Waals surface area contributed by atoms with E-state index in [1.54, 1.807) is 42.2 Å². The Morgan fingerprint density at radius 2 is 1.67 bits per heavy atom. The number of ether oxygens (including phenoxy) is 4. The number of likely N-dealkylation sites (tertiary alicyclic amines) is 1. The van der Waals surface area contributed by atoms with Crippen LogP contribution in [-0.2, 0) is 14.2 Å². The number of nitrogens with zero attached hydrogens (tertiary/aromatic N) is 1. The topological polar surface area (TPSA) is 87.4 Å². The van der Waals surface area contributed by atoms with Crippen LogP contribution in [0.2, 0.25) is 0 Å². The van der Waals surface area contributed by atoms with Gasteiger partial charge in [0, 0.05) is 13.1 Å². The van der Waals surface area contributed by atoms with E-state index in [-0.39, 0.29) is 24.2 Å². The summed E-state index contributed by atoms with van der Waals surface area (Å²) in [4.78, 5) is 26.1. The van der Waals surface area contributed by atoms with Gasteiger partial charge in [-0.2, -0.15) is 0 Å². The first-order chi connectivity index (χ1) is 14.4. The van der Waals surface area contributed by atoms with Crippen molar-refractivity contribution in [1.82, 2.24) is 4.90 Å². The van der Waals surface area contributed by atoms with E-state index in [0.717, 1.165) is 5.76 Å². The molecule has 4 rings (SSSR count). The van der Waals surface area contributed by atoms with Gasteiger partial charge in [-0.05, 0) is 44.2 Å². The molecule has 0 N–H and O–H groups in total. The number of furan rings is 1. The van der Waals surface area contributed by atoms with Gasteiger partial charge in [0.15, 0.2) is 0 Å². The second-order valence-corrected chi connectivity index (χ2v) is 7.54. The minimum absolute atomic E-state index is 0.0666. The van der Waals surface area contributed by atoms with E-state index >= 15 is 0 Å². The number of aryl methyl sites for hydroxylation is 2. The number of fused-ring (bicyclic) bond motifs is 1. The number of methoxy groups -OCH3 is 1. The monoisotopic (exact) mass is 415 g/mol. The van der Waals surface area contributed by atoms with E-state index in [1.165, 1.54) is 7.11 Å². The predicted molar refractivity (Wildman–Crippen MR) is 106 cm³/mol. The highest BCUT2D eigenvalue weighted by atomic mass is 16.6. The van der Waals surface area contributed by atoms with Gasteiger partial charge < -0.3 is 28.3 Å². The summed E-state index contributed by atoms with van der Waals surface area (Å²) in [6.45, 7) is 5.26. The van der Waals surface area contributed by atoms with Crippen molar-refractivity contribution in [2.75, 3.05) is 33.4 Å². The Kier molecular flexibility index (Phi) is 5.78. The van der Waals surface area contributed by atoms with E-state index in [2.05, 4.69) is 0 Å². The fraction of sp³-hybridized carbons (Fsp3) is 0.455. The maximum absolute atomic E-state index is 12.8. The number of rotatable bonds is 4. The van der Waals surface area contributed by atoms with Crippen LogP contribution in [0.25, 0.3) is 0 Å². The van der Waals surface area contributed by atoms with Gasteiger partial charge in [0.05, 0.1) is 31.5 Å². The molecule has 0 radical (unpaired) electrons. The number of hydrogen-bond donors (Lipinski definition) is 0. The molecule has 2 saturated heterocycles. The average Bonchev–Trinajstić information content (AvgIpc) is 3.26. The molecular weight excluding hydrogens is 390 g/mol. The molecule has 2 fully saturated rings. The van der Waals surface area contributed by atoms with Crippen LogP contribution < -0.4 is 4.74 Å². The van der Waals surface area contributed by atoms with Crippen molar-refractivity contribution >= 4 is 11.9 Å². The molecule has 2 aliphatic heterocycles. The van der Waals surface area contributed by atoms with Crippen LogP contribution in [0.5, 0.6) is 5.75 Å². The highest BCUT2D eigenvalue weighted by molar-refractivity contribution is 5.95. The Bertz CT molecular complexity index is 904. The Hall–Kier alpha value is -2.84. The third-order valence-corrected chi connectivity index (χ3v) is 5.34. The molecule has 2 aliphatic rings. The summed E-state index contributed by atoms with van der Waals surface area (Å²) in [7, 11) is 1.34. The summed E-state index contributed by atoms with van der Waals surface area (Å²) in [6, 6.07) is 8.50. The van der Waals surface area contributed by atoms with E-state index in [0.29, 0.717) is 48.9 Å². The van der Waals surface area contributed by atoms with Crippen molar-refractivity contribution in [2.24, 2.45) is 0 Å². The van der Waals surface area contributed by atoms with Gasteiger partial charge in [-0.1, -0.05) is 0 Å². The molecule has 3 heterocycles. The summed E-state index contributed by atoms with van der Waals surface area (Å²) < 4.78 is 28.1. The molecule has 0 aliphatic carbocycles. The zero-order chi connectivity index (χ0) is 21.3. The van der Waals surface area contributed by atoms with Crippen LogP contribution in [0, 0.1) is 13.8 Å². The van der Waals surface area contributed by atoms with Crippen molar-refractivity contribution in [3.63, 3.8) is 0 Å². The molecule has 2 atom stereocenters. The Labute approximate surface area is 174 Å². The minimum Gasteiger partial charge on any atom is -0.486 e. The molecule has 0 saturated carbocycles. The number of carbonyl (C=O) groups is 2. The first-order valence-electron chi connectivity index (χ1n) is 9.89. The molecule has 1 aromatic carbocycles. The molecule has 8 heteroatoms. The number of carbonyl (C=O) groups excluding carboxylic acids is 2. The van der Waals surface area contributed by atoms with Crippen molar-refractivity contribution in [3.05, 3.63) is 53.0 Å². The summed E-state index contributed by atoms with van der Waals surface area (Å²) in [5.74, 6) is 1.50. The second kappa shape index (κ2) is 8.49. The fourth-order valence-corrected chi connectivity index (χ4v) is 3.80. The summed E-state index contributed by atoms with van der Waals surface area (Å²) >= 11 is 0. The van der Waals surface area contributed by atoms with E-state index < -0.39 is 5.97 Å². The summed E-state index contributed by atoms with van der Waals surface area (Å²) in [6.07, 6.45) is -0.669. The van der Waals surface area contributed by atoms with Crippen LogP contribution in [0.3, 0.4) is 0 Å². The SMILES string of the molecule is COC(=O)c1ccc(OC2CO[C@H]3CN(C(=O)c4cc(C)oc4C)C[C@@H]3OC2)cc1. The van der Waals surface area contributed by atoms with Gasteiger partial charge in [-0.3, -0.25) is 4.79 Å². The van der Waals surface area contributed by atoms with Crippen LogP contribution in [0.4, 0.5) is 0 Å². The van der Waals surface area contributed by atoms with E-state index in [9.17, 15) is 9.59 Å². The summed E-state index contributed by atoms with van der Waals surface area (Å²) in [5, 5.41) is 0. The molecule has 0 bridgehead atoms. The molecular formula is C22H25NO7. The largest absolute Gasteiger partial charge is 0.486 e. The molecule has 0 unspecified atom stereocenters. The van der Waals surface area contributed by atoms with Crippen molar-refractivity contribution in [2.45, 2.75) is 32.2 Å². The van der Waals surface area contributed by atoms with Crippen molar-refractivity contribution < 1.29 is 33.0 Å². The van der Waals surface area contributed by atoms with Gasteiger partial charge in [0.1, 0.15) is 35.6 Å². The fourth-order valence-electron chi connectivity index (χ4n) is 3.80. The van der Waals surface area contributed by atoms with Crippen LogP contribution >= 0.6 is 0 Å². The highest BCUT2D eigenvalue weighted by Gasteiger charge is 2.40. The van der Waals surface area contributed by atoms with Gasteiger partial charge in [-0.25, -0.2) is 4.79 Å². The predicted octanol–water partition coefficient (Wildman–Crippen LogP) is 2.37. The number of benzene rings is 1. The molecule has 2 aromatic rings. The lowest BCUT2D eigenvalue weighted by Crippen LogP contribution is -2.33. The molecule has 8 nitrogen and oxygen atoms in total. The lowest BCUT2D eigenvalue weighted by Gasteiger charge is -2.19. The first kappa shape index (κ1) is 20.4. The Morgan fingerprint density at radius 3 is 2.20 bits per heavy atom. The van der Waals surface area contributed by atoms with Crippen LogP contribution in [0.1, 0.15) is 32.2 Å². The number of hydrogen-bond acceptors (Lipinski definition) is 7. The van der Waals surface area contributed by atoms with Gasteiger partial charge in [0.25, 0.3) is 5.91 Å². The Morgan fingerprint density at radius 1 is 1.03 bits per heavy atom. The quantitative estimate of drug-likeness (QED) is 0.709. The first-order valence-corrected chi connectivity index (χ1v) is 9.89. The average molecular weight is 415 g/mol. The zero-order valence-corrected chi connectivity index (χ0v) is 17.3. The maximum atomic E-state index is 12.8. The third-order valence-electron chi connectivity index (χ3n) is 5.34. The molecule has 1 amide bonds. The van der Waals surface area contributed by atoms with Crippen LogP contribution in [-0.4, -0.2) is 68.5 Å². The maximum Gasteiger partial charge on any atom is 0.337 e. The lowest BCUT2D eigenvalue weighted by atomic mass is 10.2. The smallest absolute Gasteiger partial charge is 0.337 e. The summed E-state index contributed by atoms with van der Waals surface area (Å²) in [5.41, 5.74) is 1.04. The zero-order valence-electron chi connectivity index (χ0n) is 17.3. The molecule has 30 heavy (non-hydrogen) atoms. The second-order valence-electron chi connectivity index (χ2n) is 7.54. The lowest BCUT2D eigenvalue weighted by molar-refractivity contribution is -0.00461. The van der Waals surface area contributed by atoms with Crippen LogP contribution in [0.15, 0.2) is 34.7 Å².